The van der Waals surface area contributed by atoms with Crippen molar-refractivity contribution < 1.29 is 4.79 Å². The molecule has 1 aromatic heterocycles. The molecule has 134 valence electrons. The zero-order valence-corrected chi connectivity index (χ0v) is 16.7. The molecule has 23 heavy (non-hydrogen) atoms. The van der Waals surface area contributed by atoms with Crippen molar-refractivity contribution in [2.24, 2.45) is 11.1 Å². The molecule has 0 radical (unpaired) electrons. The summed E-state index contributed by atoms with van der Waals surface area (Å²) in [6, 6.07) is 0.213. The van der Waals surface area contributed by atoms with Gasteiger partial charge in [-0.25, -0.2) is 4.98 Å². The highest BCUT2D eigenvalue weighted by molar-refractivity contribution is 7.15. The Morgan fingerprint density at radius 3 is 2.65 bits per heavy atom. The Labute approximate surface area is 155 Å². The van der Waals surface area contributed by atoms with Crippen molar-refractivity contribution in [3.05, 3.63) is 10.6 Å². The number of aryl methyl sites for hydroxylation is 2. The van der Waals surface area contributed by atoms with Crippen molar-refractivity contribution in [1.29, 1.82) is 0 Å². The van der Waals surface area contributed by atoms with E-state index in [2.05, 4.69) is 36.0 Å². The minimum absolute atomic E-state index is 0. The van der Waals surface area contributed by atoms with Crippen molar-refractivity contribution in [2.75, 3.05) is 25.0 Å². The summed E-state index contributed by atoms with van der Waals surface area (Å²) >= 11 is 1.55. The number of nitrogens with one attached hydrogen (secondary N) is 1. The molecule has 2 heterocycles. The zero-order chi connectivity index (χ0) is 15.6. The Morgan fingerprint density at radius 1 is 1.48 bits per heavy atom. The Balaban J connectivity index is 0.00000242. The molecule has 8 heteroatoms. The molecule has 5 nitrogen and oxygen atoms in total. The summed E-state index contributed by atoms with van der Waals surface area (Å²) in [7, 11) is 0. The quantitative estimate of drug-likeness (QED) is 0.839. The first-order valence-corrected chi connectivity index (χ1v) is 8.37. The average Bonchev–Trinajstić information content (AvgIpc) is 2.73. The van der Waals surface area contributed by atoms with Crippen LogP contribution < -0.4 is 11.1 Å². The van der Waals surface area contributed by atoms with E-state index < -0.39 is 0 Å². The lowest BCUT2D eigenvalue weighted by molar-refractivity contribution is -0.118. The van der Waals surface area contributed by atoms with Gasteiger partial charge in [0.25, 0.3) is 0 Å². The molecule has 1 amide bonds. The normalized spacial score (nSPS) is 20.3. The van der Waals surface area contributed by atoms with Crippen molar-refractivity contribution >= 4 is 47.2 Å². The summed E-state index contributed by atoms with van der Waals surface area (Å²) in [6.45, 7) is 10.6. The molecule has 0 bridgehead atoms. The van der Waals surface area contributed by atoms with E-state index in [-0.39, 0.29) is 42.2 Å². The number of anilines is 1. The second kappa shape index (κ2) is 9.18. The van der Waals surface area contributed by atoms with Crippen molar-refractivity contribution in [3.63, 3.8) is 0 Å². The second-order valence-corrected chi connectivity index (χ2v) is 7.72. The molecule has 2 rings (SSSR count). The van der Waals surface area contributed by atoms with E-state index >= 15 is 0 Å². The molecule has 0 aliphatic carbocycles. The number of hydrogen-bond donors (Lipinski definition) is 2. The number of nitrogens with two attached hydrogens (primary N) is 1. The maximum absolute atomic E-state index is 12.2. The molecule has 1 aliphatic rings. The molecule has 1 fully saturated rings. The zero-order valence-electron chi connectivity index (χ0n) is 14.2. The summed E-state index contributed by atoms with van der Waals surface area (Å²) in [4.78, 5) is 20.0. The molecule has 0 saturated carbocycles. The van der Waals surface area contributed by atoms with Gasteiger partial charge < -0.3 is 11.1 Å². The number of aromatic nitrogens is 1. The van der Waals surface area contributed by atoms with E-state index in [1.165, 1.54) is 4.88 Å². The minimum Gasteiger partial charge on any atom is -0.327 e. The molecular formula is C15H28Cl2N4OS. The summed E-state index contributed by atoms with van der Waals surface area (Å²) < 4.78 is 0. The fourth-order valence-electron chi connectivity index (χ4n) is 2.79. The SMILES string of the molecule is CCc1nc(NC(=O)CN2CCC(N)C(C)(C)C2)sc1C.Cl.Cl. The van der Waals surface area contributed by atoms with Crippen LogP contribution in [-0.4, -0.2) is 41.5 Å². The number of likely N-dealkylation sites (tertiary alicyclic amines) is 1. The Bertz CT molecular complexity index is 522. The van der Waals surface area contributed by atoms with Crippen LogP contribution in [0.4, 0.5) is 5.13 Å². The first-order chi connectivity index (χ1) is 9.81. The molecule has 0 spiro atoms. The fourth-order valence-corrected chi connectivity index (χ4v) is 3.71. The molecule has 1 saturated heterocycles. The lowest BCUT2D eigenvalue weighted by Gasteiger charge is -2.42. The van der Waals surface area contributed by atoms with Gasteiger partial charge in [-0.3, -0.25) is 9.69 Å². The van der Waals surface area contributed by atoms with E-state index in [1.54, 1.807) is 11.3 Å². The predicted molar refractivity (Wildman–Crippen MR) is 102 cm³/mol. The number of carbonyl (C=O) groups is 1. The van der Waals surface area contributed by atoms with E-state index in [4.69, 9.17) is 5.73 Å². The van der Waals surface area contributed by atoms with Crippen LogP contribution in [-0.2, 0) is 11.2 Å². The number of rotatable bonds is 4. The minimum atomic E-state index is 0. The highest BCUT2D eigenvalue weighted by Crippen LogP contribution is 2.27. The highest BCUT2D eigenvalue weighted by Gasteiger charge is 2.33. The van der Waals surface area contributed by atoms with Gasteiger partial charge in [0.15, 0.2) is 5.13 Å². The smallest absolute Gasteiger partial charge is 0.240 e. The van der Waals surface area contributed by atoms with Crippen molar-refractivity contribution in [3.8, 4) is 0 Å². The van der Waals surface area contributed by atoms with Gasteiger partial charge in [-0.15, -0.1) is 36.2 Å². The standard InChI is InChI=1S/C15H26N4OS.2ClH/c1-5-11-10(2)21-14(17-11)18-13(20)8-19-7-6-12(16)15(3,4)9-19;;/h12H,5-9,16H2,1-4H3,(H,17,18,20);2*1H. The number of piperidine rings is 1. The number of thiazole rings is 1. The van der Waals surface area contributed by atoms with Crippen molar-refractivity contribution in [2.45, 2.75) is 46.6 Å². The van der Waals surface area contributed by atoms with E-state index in [0.717, 1.165) is 31.6 Å². The number of halogens is 2. The molecule has 1 aromatic rings. The van der Waals surface area contributed by atoms with E-state index in [9.17, 15) is 4.79 Å². The number of amides is 1. The third kappa shape index (κ3) is 5.87. The summed E-state index contributed by atoms with van der Waals surface area (Å²) in [6.07, 6.45) is 1.84. The largest absolute Gasteiger partial charge is 0.327 e. The number of carbonyl (C=O) groups excluding carboxylic acids is 1. The average molecular weight is 383 g/mol. The van der Waals surface area contributed by atoms with Crippen LogP contribution in [0.5, 0.6) is 0 Å². The lowest BCUT2D eigenvalue weighted by Crippen LogP contribution is -2.53. The molecular weight excluding hydrogens is 355 g/mol. The van der Waals surface area contributed by atoms with Crippen LogP contribution in [0.3, 0.4) is 0 Å². The van der Waals surface area contributed by atoms with Crippen LogP contribution in [0.2, 0.25) is 0 Å². The van der Waals surface area contributed by atoms with Gasteiger partial charge in [-0.1, -0.05) is 20.8 Å². The van der Waals surface area contributed by atoms with Gasteiger partial charge in [-0.05, 0) is 25.2 Å². The summed E-state index contributed by atoms with van der Waals surface area (Å²) in [5, 5.41) is 3.63. The number of nitrogens with zero attached hydrogens (tertiary/aromatic N) is 2. The summed E-state index contributed by atoms with van der Waals surface area (Å²) in [5.41, 5.74) is 7.26. The number of hydrogen-bond acceptors (Lipinski definition) is 5. The Morgan fingerprint density at radius 2 is 2.13 bits per heavy atom. The molecule has 1 unspecified atom stereocenters. The van der Waals surface area contributed by atoms with Gasteiger partial charge >= 0.3 is 0 Å². The topological polar surface area (TPSA) is 71.2 Å². The first kappa shape index (κ1) is 22.6. The highest BCUT2D eigenvalue weighted by atomic mass is 35.5. The summed E-state index contributed by atoms with van der Waals surface area (Å²) in [5.74, 6) is 0.0117. The maximum Gasteiger partial charge on any atom is 0.240 e. The van der Waals surface area contributed by atoms with Crippen LogP contribution in [0.25, 0.3) is 0 Å². The predicted octanol–water partition coefficient (Wildman–Crippen LogP) is 2.86. The van der Waals surface area contributed by atoms with Crippen molar-refractivity contribution in [1.82, 2.24) is 9.88 Å². The molecule has 0 aromatic carbocycles. The third-order valence-corrected chi connectivity index (χ3v) is 5.16. The second-order valence-electron chi connectivity index (χ2n) is 6.52. The molecule has 1 aliphatic heterocycles. The Hall–Kier alpha value is -0.400. The van der Waals surface area contributed by atoms with Crippen LogP contribution in [0.1, 0.15) is 37.8 Å². The van der Waals surface area contributed by atoms with Crippen LogP contribution in [0.15, 0.2) is 0 Å². The molecule has 1 atom stereocenters. The van der Waals surface area contributed by atoms with E-state index in [1.807, 2.05) is 6.92 Å². The third-order valence-electron chi connectivity index (χ3n) is 4.23. The van der Waals surface area contributed by atoms with Gasteiger partial charge in [0.05, 0.1) is 12.2 Å². The fraction of sp³-hybridized carbons (Fsp3) is 0.733. The van der Waals surface area contributed by atoms with Crippen LogP contribution >= 0.6 is 36.2 Å². The molecule has 3 N–H and O–H groups in total. The van der Waals surface area contributed by atoms with Gasteiger partial charge in [0, 0.05) is 24.0 Å². The Kier molecular flexibility index (Phi) is 9.02. The first-order valence-electron chi connectivity index (χ1n) is 7.56. The monoisotopic (exact) mass is 382 g/mol. The van der Waals surface area contributed by atoms with E-state index in [0.29, 0.717) is 11.7 Å². The van der Waals surface area contributed by atoms with Crippen LogP contribution in [0, 0.1) is 12.3 Å². The van der Waals surface area contributed by atoms with Gasteiger partial charge in [0.2, 0.25) is 5.91 Å². The maximum atomic E-state index is 12.2. The van der Waals surface area contributed by atoms with Gasteiger partial charge in [-0.2, -0.15) is 0 Å². The lowest BCUT2D eigenvalue weighted by atomic mass is 9.80. The van der Waals surface area contributed by atoms with Gasteiger partial charge in [0.1, 0.15) is 0 Å².